The summed E-state index contributed by atoms with van der Waals surface area (Å²) in [7, 11) is 3.03. The molecule has 0 aliphatic heterocycles. The minimum Gasteiger partial charge on any atom is -0.384 e. The fraction of sp³-hybridized carbons (Fsp3) is 0.231. The molecular formula is C13H13F3N4. The lowest BCUT2D eigenvalue weighted by molar-refractivity contribution is -0.137. The predicted molar refractivity (Wildman–Crippen MR) is 71.2 cm³/mol. The molecule has 2 aromatic rings. The van der Waals surface area contributed by atoms with Gasteiger partial charge in [0.15, 0.2) is 0 Å². The van der Waals surface area contributed by atoms with Gasteiger partial charge in [-0.1, -0.05) is 0 Å². The highest BCUT2D eigenvalue weighted by Crippen LogP contribution is 2.37. The third kappa shape index (κ3) is 2.81. The van der Waals surface area contributed by atoms with Crippen molar-refractivity contribution < 1.29 is 13.2 Å². The van der Waals surface area contributed by atoms with Crippen LogP contribution in [0.3, 0.4) is 0 Å². The van der Waals surface area contributed by atoms with Crippen molar-refractivity contribution in [2.75, 3.05) is 24.7 Å². The van der Waals surface area contributed by atoms with E-state index in [0.29, 0.717) is 16.9 Å². The highest BCUT2D eigenvalue weighted by molar-refractivity contribution is 5.66. The number of nitrogens with two attached hydrogens (primary N) is 1. The van der Waals surface area contributed by atoms with E-state index in [-0.39, 0.29) is 5.82 Å². The number of nitrogens with zero attached hydrogens (tertiary/aromatic N) is 3. The Morgan fingerprint density at radius 2 is 1.70 bits per heavy atom. The summed E-state index contributed by atoms with van der Waals surface area (Å²) in [6, 6.07) is 4.20. The van der Waals surface area contributed by atoms with Gasteiger partial charge in [-0.15, -0.1) is 0 Å². The second-order valence-corrected chi connectivity index (χ2v) is 4.46. The summed E-state index contributed by atoms with van der Waals surface area (Å²) in [5, 5.41) is 0. The van der Waals surface area contributed by atoms with Gasteiger partial charge < -0.3 is 10.6 Å². The molecule has 2 N–H and O–H groups in total. The van der Waals surface area contributed by atoms with Gasteiger partial charge in [0, 0.05) is 37.6 Å². The molecule has 0 aromatic carbocycles. The molecule has 20 heavy (non-hydrogen) atoms. The molecule has 2 aromatic heterocycles. The van der Waals surface area contributed by atoms with Crippen molar-refractivity contribution in [3.8, 4) is 11.1 Å². The molecule has 0 bridgehead atoms. The van der Waals surface area contributed by atoms with Crippen LogP contribution in [0, 0.1) is 0 Å². The standard InChI is InChI=1S/C13H13F3N4/c1-20(2)12-10(13(14,15)16)5-9(7-19-12)8-3-4-11(17)18-6-8/h3-7H,1-2H3,(H2,17,18). The molecule has 4 nitrogen and oxygen atoms in total. The number of pyridine rings is 2. The van der Waals surface area contributed by atoms with Crippen LogP contribution >= 0.6 is 0 Å². The quantitative estimate of drug-likeness (QED) is 0.920. The third-order valence-corrected chi connectivity index (χ3v) is 2.72. The van der Waals surface area contributed by atoms with Crippen LogP contribution in [0.5, 0.6) is 0 Å². The van der Waals surface area contributed by atoms with Crippen molar-refractivity contribution in [2.45, 2.75) is 6.18 Å². The Morgan fingerprint density at radius 1 is 1.05 bits per heavy atom. The first-order chi connectivity index (χ1) is 9.29. The maximum absolute atomic E-state index is 13.1. The van der Waals surface area contributed by atoms with Crippen LogP contribution in [0.4, 0.5) is 24.8 Å². The minimum atomic E-state index is -4.47. The van der Waals surface area contributed by atoms with Crippen molar-refractivity contribution >= 4 is 11.6 Å². The minimum absolute atomic E-state index is 0.121. The number of alkyl halides is 3. The molecule has 0 atom stereocenters. The average molecular weight is 282 g/mol. The van der Waals surface area contributed by atoms with Crippen LogP contribution in [0.2, 0.25) is 0 Å². The maximum atomic E-state index is 13.1. The summed E-state index contributed by atoms with van der Waals surface area (Å²) < 4.78 is 39.2. The molecule has 0 spiro atoms. The lowest BCUT2D eigenvalue weighted by Gasteiger charge is -2.18. The van der Waals surface area contributed by atoms with Crippen LogP contribution in [-0.4, -0.2) is 24.1 Å². The van der Waals surface area contributed by atoms with Crippen LogP contribution in [0.15, 0.2) is 30.6 Å². The fourth-order valence-corrected chi connectivity index (χ4v) is 1.76. The van der Waals surface area contributed by atoms with Gasteiger partial charge in [-0.3, -0.25) is 0 Å². The molecule has 0 aliphatic rings. The van der Waals surface area contributed by atoms with Crippen molar-refractivity contribution in [2.24, 2.45) is 0 Å². The van der Waals surface area contributed by atoms with Gasteiger partial charge in [0.25, 0.3) is 0 Å². The van der Waals surface area contributed by atoms with Gasteiger partial charge in [0.1, 0.15) is 11.6 Å². The first-order valence-electron chi connectivity index (χ1n) is 5.75. The molecule has 0 aliphatic carbocycles. The summed E-state index contributed by atoms with van der Waals surface area (Å²) in [4.78, 5) is 9.08. The zero-order chi connectivity index (χ0) is 14.9. The molecule has 7 heteroatoms. The number of halogens is 3. The number of aromatic nitrogens is 2. The lowest BCUT2D eigenvalue weighted by Crippen LogP contribution is -2.18. The third-order valence-electron chi connectivity index (χ3n) is 2.72. The van der Waals surface area contributed by atoms with Gasteiger partial charge in [-0.05, 0) is 18.2 Å². The molecule has 0 fully saturated rings. The Labute approximate surface area is 114 Å². The van der Waals surface area contributed by atoms with E-state index in [1.165, 1.54) is 37.5 Å². The predicted octanol–water partition coefficient (Wildman–Crippen LogP) is 2.81. The van der Waals surface area contributed by atoms with E-state index >= 15 is 0 Å². The highest BCUT2D eigenvalue weighted by Gasteiger charge is 2.35. The largest absolute Gasteiger partial charge is 0.419 e. The summed E-state index contributed by atoms with van der Waals surface area (Å²) in [6.45, 7) is 0. The molecule has 106 valence electrons. The monoisotopic (exact) mass is 282 g/mol. The van der Waals surface area contributed by atoms with Gasteiger partial charge in [-0.2, -0.15) is 13.2 Å². The zero-order valence-electron chi connectivity index (χ0n) is 10.9. The van der Waals surface area contributed by atoms with Gasteiger partial charge in [0.05, 0.1) is 5.56 Å². The van der Waals surface area contributed by atoms with Gasteiger partial charge >= 0.3 is 6.18 Å². The molecule has 0 saturated heterocycles. The van der Waals surface area contributed by atoms with E-state index < -0.39 is 11.7 Å². The van der Waals surface area contributed by atoms with E-state index in [2.05, 4.69) is 9.97 Å². The van der Waals surface area contributed by atoms with Gasteiger partial charge in [0.2, 0.25) is 0 Å². The molecule has 2 heterocycles. The second-order valence-electron chi connectivity index (χ2n) is 4.46. The van der Waals surface area contributed by atoms with E-state index in [1.54, 1.807) is 6.07 Å². The number of hydrogen-bond acceptors (Lipinski definition) is 4. The molecule has 0 unspecified atom stereocenters. The Kier molecular flexibility index (Phi) is 3.52. The van der Waals surface area contributed by atoms with Crippen LogP contribution in [0.25, 0.3) is 11.1 Å². The van der Waals surface area contributed by atoms with Crippen LogP contribution in [-0.2, 0) is 6.18 Å². The average Bonchev–Trinajstić information content (AvgIpc) is 2.38. The normalized spacial score (nSPS) is 11.4. The SMILES string of the molecule is CN(C)c1ncc(-c2ccc(N)nc2)cc1C(F)(F)F. The van der Waals surface area contributed by atoms with Crippen LogP contribution in [0.1, 0.15) is 5.56 Å². The molecular weight excluding hydrogens is 269 g/mol. The number of anilines is 2. The summed E-state index contributed by atoms with van der Waals surface area (Å²) in [5.41, 5.74) is 5.55. The first-order valence-corrected chi connectivity index (χ1v) is 5.75. The summed E-state index contributed by atoms with van der Waals surface area (Å²) in [6.07, 6.45) is -1.66. The highest BCUT2D eigenvalue weighted by atomic mass is 19.4. The molecule has 2 rings (SSSR count). The Balaban J connectivity index is 2.55. The molecule has 0 saturated carbocycles. The smallest absolute Gasteiger partial charge is 0.384 e. The Bertz CT molecular complexity index is 606. The second kappa shape index (κ2) is 4.99. The van der Waals surface area contributed by atoms with E-state index in [1.807, 2.05) is 0 Å². The lowest BCUT2D eigenvalue weighted by atomic mass is 10.1. The van der Waals surface area contributed by atoms with Crippen molar-refractivity contribution in [3.05, 3.63) is 36.2 Å². The Morgan fingerprint density at radius 3 is 2.20 bits per heavy atom. The summed E-state index contributed by atoms with van der Waals surface area (Å²) in [5.74, 6) is 0.187. The number of rotatable bonds is 2. The molecule has 0 amide bonds. The van der Waals surface area contributed by atoms with Crippen molar-refractivity contribution in [1.29, 1.82) is 0 Å². The van der Waals surface area contributed by atoms with Crippen molar-refractivity contribution in [1.82, 2.24) is 9.97 Å². The Hall–Kier alpha value is -2.31. The van der Waals surface area contributed by atoms with Crippen LogP contribution < -0.4 is 10.6 Å². The zero-order valence-corrected chi connectivity index (χ0v) is 10.9. The van der Waals surface area contributed by atoms with E-state index in [0.717, 1.165) is 6.07 Å². The van der Waals surface area contributed by atoms with Crippen molar-refractivity contribution in [3.63, 3.8) is 0 Å². The van der Waals surface area contributed by atoms with E-state index in [9.17, 15) is 13.2 Å². The van der Waals surface area contributed by atoms with Gasteiger partial charge in [-0.25, -0.2) is 9.97 Å². The maximum Gasteiger partial charge on any atom is 0.419 e. The molecule has 0 radical (unpaired) electrons. The first kappa shape index (κ1) is 14.1. The fourth-order valence-electron chi connectivity index (χ4n) is 1.76. The topological polar surface area (TPSA) is 55.0 Å². The van der Waals surface area contributed by atoms with E-state index in [4.69, 9.17) is 5.73 Å². The number of hydrogen-bond donors (Lipinski definition) is 1. The number of nitrogen functional groups attached to an aromatic ring is 1. The summed E-state index contributed by atoms with van der Waals surface area (Å²) >= 11 is 0.